The largest absolute Gasteiger partial charge is 0.457 e. The molecule has 222 valence electrons. The molecule has 0 spiro atoms. The summed E-state index contributed by atoms with van der Waals surface area (Å²) in [5.41, 5.74) is -1.59. The van der Waals surface area contributed by atoms with Crippen LogP contribution in [0.4, 0.5) is 36.4 Å². The summed E-state index contributed by atoms with van der Waals surface area (Å²) in [6.45, 7) is 3.07. The van der Waals surface area contributed by atoms with E-state index in [-0.39, 0.29) is 17.2 Å². The quantitative estimate of drug-likeness (QED) is 0.197. The fourth-order valence-electron chi connectivity index (χ4n) is 4.51. The first-order chi connectivity index (χ1) is 19.7. The van der Waals surface area contributed by atoms with E-state index in [1.165, 1.54) is 23.1 Å². The monoisotopic (exact) mass is 591 g/mol. The maximum absolute atomic E-state index is 14.8. The van der Waals surface area contributed by atoms with E-state index in [1.807, 2.05) is 32.0 Å². The van der Waals surface area contributed by atoms with Crippen molar-refractivity contribution in [2.45, 2.75) is 44.8 Å². The molecule has 0 saturated heterocycles. The molecule has 3 nitrogen and oxygen atoms in total. The number of nitrogens with zero attached hydrogens (tertiary/aromatic N) is 1. The molecule has 0 amide bonds. The second-order valence-electron chi connectivity index (χ2n) is 10.1. The lowest BCUT2D eigenvalue weighted by Gasteiger charge is -2.29. The van der Waals surface area contributed by atoms with Gasteiger partial charge in [0.15, 0.2) is 0 Å². The molecule has 4 aromatic carbocycles. The molecule has 0 aliphatic heterocycles. The van der Waals surface area contributed by atoms with Gasteiger partial charge in [-0.3, -0.25) is 0 Å². The molecule has 0 heterocycles. The van der Waals surface area contributed by atoms with Crippen LogP contribution in [-0.4, -0.2) is 11.7 Å². The Bertz CT molecular complexity index is 1520. The molecule has 1 unspecified atom stereocenters. The molecule has 0 aliphatic rings. The molecular formula is C32H28F7NO2. The van der Waals surface area contributed by atoms with E-state index in [0.717, 1.165) is 17.7 Å². The van der Waals surface area contributed by atoms with Gasteiger partial charge in [-0.1, -0.05) is 50.2 Å². The van der Waals surface area contributed by atoms with Gasteiger partial charge in [0.1, 0.15) is 17.3 Å². The summed E-state index contributed by atoms with van der Waals surface area (Å²) in [6.07, 6.45) is -11.2. The van der Waals surface area contributed by atoms with Crippen LogP contribution in [0.5, 0.6) is 11.5 Å². The molecule has 0 aliphatic carbocycles. The van der Waals surface area contributed by atoms with Crippen LogP contribution in [0, 0.1) is 5.82 Å². The number of alkyl halides is 6. The SMILES string of the molecule is CC(C)c1cccc(Oc2cccc(N(Cc3cc(C(F)(F)F)ccc3F)CC(O)c3ccccc3C(F)(F)F)c2)c1. The third-order valence-electron chi connectivity index (χ3n) is 6.70. The fourth-order valence-corrected chi connectivity index (χ4v) is 4.51. The van der Waals surface area contributed by atoms with Crippen molar-refractivity contribution in [3.8, 4) is 11.5 Å². The van der Waals surface area contributed by atoms with Gasteiger partial charge in [-0.25, -0.2) is 4.39 Å². The molecule has 0 fully saturated rings. The van der Waals surface area contributed by atoms with Crippen molar-refractivity contribution >= 4 is 5.69 Å². The highest BCUT2D eigenvalue weighted by atomic mass is 19.4. The predicted molar refractivity (Wildman–Crippen MR) is 146 cm³/mol. The van der Waals surface area contributed by atoms with Crippen molar-refractivity contribution in [3.63, 3.8) is 0 Å². The van der Waals surface area contributed by atoms with E-state index < -0.39 is 54.1 Å². The molecule has 1 atom stereocenters. The van der Waals surface area contributed by atoms with Gasteiger partial charge >= 0.3 is 12.4 Å². The summed E-state index contributed by atoms with van der Waals surface area (Å²) in [6, 6.07) is 20.1. The number of hydrogen-bond donors (Lipinski definition) is 1. The summed E-state index contributed by atoms with van der Waals surface area (Å²) in [5.74, 6) is 0.149. The molecule has 4 aromatic rings. The van der Waals surface area contributed by atoms with Gasteiger partial charge in [0, 0.05) is 30.4 Å². The number of hydrogen-bond acceptors (Lipinski definition) is 3. The summed E-state index contributed by atoms with van der Waals surface area (Å²) < 4.78 is 102. The summed E-state index contributed by atoms with van der Waals surface area (Å²) in [4.78, 5) is 1.31. The minimum absolute atomic E-state index is 0.235. The number of aliphatic hydroxyl groups is 1. The van der Waals surface area contributed by atoms with Crippen molar-refractivity contribution < 1.29 is 40.6 Å². The average molecular weight is 592 g/mol. The van der Waals surface area contributed by atoms with Crippen LogP contribution in [0.25, 0.3) is 0 Å². The Morgan fingerprint density at radius 3 is 2.10 bits per heavy atom. The number of halogens is 7. The van der Waals surface area contributed by atoms with Crippen molar-refractivity contribution in [3.05, 3.63) is 125 Å². The lowest BCUT2D eigenvalue weighted by Crippen LogP contribution is -2.29. The van der Waals surface area contributed by atoms with Crippen molar-refractivity contribution in [1.82, 2.24) is 0 Å². The third kappa shape index (κ3) is 7.61. The number of benzene rings is 4. The number of aliphatic hydroxyl groups excluding tert-OH is 1. The zero-order valence-corrected chi connectivity index (χ0v) is 22.7. The molecule has 0 saturated carbocycles. The van der Waals surface area contributed by atoms with E-state index in [1.54, 1.807) is 24.3 Å². The Morgan fingerprint density at radius 1 is 0.762 bits per heavy atom. The highest BCUT2D eigenvalue weighted by molar-refractivity contribution is 5.53. The first kappa shape index (κ1) is 30.9. The molecule has 0 bridgehead atoms. The van der Waals surface area contributed by atoms with Gasteiger partial charge in [0.2, 0.25) is 0 Å². The van der Waals surface area contributed by atoms with E-state index in [9.17, 15) is 35.8 Å². The van der Waals surface area contributed by atoms with Crippen LogP contribution in [0.2, 0.25) is 0 Å². The smallest absolute Gasteiger partial charge is 0.416 e. The summed E-state index contributed by atoms with van der Waals surface area (Å²) >= 11 is 0. The lowest BCUT2D eigenvalue weighted by atomic mass is 10.0. The Balaban J connectivity index is 1.72. The van der Waals surface area contributed by atoms with Gasteiger partial charge in [0.05, 0.1) is 17.2 Å². The summed E-state index contributed by atoms with van der Waals surface area (Å²) in [5, 5.41) is 11.0. The molecule has 0 radical (unpaired) electrons. The normalized spacial score (nSPS) is 12.8. The number of rotatable bonds is 9. The van der Waals surface area contributed by atoms with Crippen LogP contribution in [0.1, 0.15) is 53.7 Å². The van der Waals surface area contributed by atoms with E-state index in [2.05, 4.69) is 0 Å². The molecular weight excluding hydrogens is 563 g/mol. The Hall–Kier alpha value is -4.05. The second-order valence-corrected chi connectivity index (χ2v) is 10.1. The van der Waals surface area contributed by atoms with Crippen molar-refractivity contribution in [1.29, 1.82) is 0 Å². The maximum atomic E-state index is 14.8. The van der Waals surface area contributed by atoms with Crippen LogP contribution >= 0.6 is 0 Å². The zero-order chi connectivity index (χ0) is 30.7. The Labute approximate surface area is 238 Å². The van der Waals surface area contributed by atoms with Crippen LogP contribution in [0.15, 0.2) is 91.0 Å². The zero-order valence-electron chi connectivity index (χ0n) is 22.7. The second kappa shape index (κ2) is 12.4. The first-order valence-electron chi connectivity index (χ1n) is 13.0. The molecule has 1 N–H and O–H groups in total. The highest BCUT2D eigenvalue weighted by Gasteiger charge is 2.35. The van der Waals surface area contributed by atoms with Crippen molar-refractivity contribution in [2.75, 3.05) is 11.4 Å². The maximum Gasteiger partial charge on any atom is 0.416 e. The van der Waals surface area contributed by atoms with Crippen molar-refractivity contribution in [2.24, 2.45) is 0 Å². The third-order valence-corrected chi connectivity index (χ3v) is 6.70. The van der Waals surface area contributed by atoms with Gasteiger partial charge in [0.25, 0.3) is 0 Å². The standard InChI is InChI=1S/C32H28F7NO2/c1-20(2)21-7-5-9-25(16-21)42-26-10-6-8-24(17-26)40(18-22-15-23(31(34,35)36)13-14-29(22)33)19-30(41)27-11-3-4-12-28(27)32(37,38)39/h3-17,20,30,41H,18-19H2,1-2H3. The molecule has 10 heteroatoms. The summed E-state index contributed by atoms with van der Waals surface area (Å²) in [7, 11) is 0. The minimum Gasteiger partial charge on any atom is -0.457 e. The molecule has 4 rings (SSSR count). The van der Waals surface area contributed by atoms with Crippen LogP contribution in [-0.2, 0) is 18.9 Å². The van der Waals surface area contributed by atoms with Gasteiger partial charge in [-0.05, 0) is 65.6 Å². The molecule has 0 aromatic heterocycles. The Kier molecular flexibility index (Phi) is 9.15. The highest BCUT2D eigenvalue weighted by Crippen LogP contribution is 2.37. The minimum atomic E-state index is -4.76. The van der Waals surface area contributed by atoms with Gasteiger partial charge < -0.3 is 14.7 Å². The van der Waals surface area contributed by atoms with Crippen LogP contribution in [0.3, 0.4) is 0 Å². The fraction of sp³-hybridized carbons (Fsp3) is 0.250. The number of anilines is 1. The Morgan fingerprint density at radius 2 is 1.43 bits per heavy atom. The van der Waals surface area contributed by atoms with E-state index in [0.29, 0.717) is 29.7 Å². The van der Waals surface area contributed by atoms with E-state index in [4.69, 9.17) is 4.74 Å². The van der Waals surface area contributed by atoms with Crippen LogP contribution < -0.4 is 9.64 Å². The van der Waals surface area contributed by atoms with Gasteiger partial charge in [-0.15, -0.1) is 0 Å². The van der Waals surface area contributed by atoms with Gasteiger partial charge in [-0.2, -0.15) is 26.3 Å². The topological polar surface area (TPSA) is 32.7 Å². The van der Waals surface area contributed by atoms with E-state index >= 15 is 0 Å². The average Bonchev–Trinajstić information content (AvgIpc) is 2.93. The first-order valence-corrected chi connectivity index (χ1v) is 13.0. The number of ether oxygens (including phenoxy) is 1. The predicted octanol–water partition coefficient (Wildman–Crippen LogP) is 9.52. The molecule has 42 heavy (non-hydrogen) atoms. The lowest BCUT2D eigenvalue weighted by molar-refractivity contribution is -0.139.